The molecule has 0 aromatic heterocycles. The molecule has 1 aliphatic carbocycles. The molecule has 5 heteroatoms. The Balaban J connectivity index is 1.63. The molecule has 1 saturated heterocycles. The number of hydrogen-bond acceptors (Lipinski definition) is 4. The van der Waals surface area contributed by atoms with Crippen molar-refractivity contribution in [2.75, 3.05) is 13.1 Å². The standard InChI is InChI=1S/C17H24ClNO3/c18-12-3-1-4-14(11-12)22-16-6-2-5-15(17(16)21)19-9-7-13(20)8-10-19/h1,3-4,11,13,15-17,20-21H,2,5-10H2/t15-,16+,17+/m0/s1. The van der Waals surface area contributed by atoms with Crippen LogP contribution in [0.4, 0.5) is 0 Å². The van der Waals surface area contributed by atoms with E-state index < -0.39 is 6.10 Å². The summed E-state index contributed by atoms with van der Waals surface area (Å²) in [4.78, 5) is 2.31. The molecule has 3 rings (SSSR count). The van der Waals surface area contributed by atoms with Gasteiger partial charge in [-0.1, -0.05) is 17.7 Å². The predicted octanol–water partition coefficient (Wildman–Crippen LogP) is 2.46. The molecule has 1 aliphatic heterocycles. The molecule has 1 aromatic rings. The average molecular weight is 326 g/mol. The lowest BCUT2D eigenvalue weighted by Gasteiger charge is -2.43. The predicted molar refractivity (Wildman–Crippen MR) is 86.3 cm³/mol. The smallest absolute Gasteiger partial charge is 0.126 e. The third-order valence-corrected chi connectivity index (χ3v) is 5.05. The maximum atomic E-state index is 10.7. The summed E-state index contributed by atoms with van der Waals surface area (Å²) in [5.41, 5.74) is 0. The van der Waals surface area contributed by atoms with Gasteiger partial charge in [0, 0.05) is 24.2 Å². The third-order valence-electron chi connectivity index (χ3n) is 4.82. The molecule has 0 spiro atoms. The quantitative estimate of drug-likeness (QED) is 0.896. The van der Waals surface area contributed by atoms with Crippen LogP contribution < -0.4 is 4.74 Å². The second-order valence-electron chi connectivity index (χ2n) is 6.37. The topological polar surface area (TPSA) is 52.9 Å². The lowest BCUT2D eigenvalue weighted by Crippen LogP contribution is -2.55. The number of hydrogen-bond donors (Lipinski definition) is 2. The number of nitrogens with zero attached hydrogens (tertiary/aromatic N) is 1. The first-order chi connectivity index (χ1) is 10.6. The molecule has 1 heterocycles. The fourth-order valence-electron chi connectivity index (χ4n) is 3.58. The van der Waals surface area contributed by atoms with Crippen LogP contribution in [0.5, 0.6) is 5.75 Å². The van der Waals surface area contributed by atoms with Gasteiger partial charge in [0.05, 0.1) is 6.10 Å². The molecule has 2 aliphatic rings. The molecule has 2 fully saturated rings. The minimum atomic E-state index is -0.497. The molecular weight excluding hydrogens is 302 g/mol. The maximum Gasteiger partial charge on any atom is 0.126 e. The average Bonchev–Trinajstić information content (AvgIpc) is 2.51. The zero-order valence-electron chi connectivity index (χ0n) is 12.7. The van der Waals surface area contributed by atoms with Gasteiger partial charge < -0.3 is 14.9 Å². The van der Waals surface area contributed by atoms with Crippen molar-refractivity contribution in [1.29, 1.82) is 0 Å². The van der Waals surface area contributed by atoms with Gasteiger partial charge in [0.25, 0.3) is 0 Å². The highest BCUT2D eigenvalue weighted by Gasteiger charge is 2.37. The molecule has 2 N–H and O–H groups in total. The lowest BCUT2D eigenvalue weighted by molar-refractivity contribution is -0.0656. The van der Waals surface area contributed by atoms with Crippen LogP contribution >= 0.6 is 11.6 Å². The Bertz CT molecular complexity index is 491. The van der Waals surface area contributed by atoms with Crippen molar-refractivity contribution in [2.45, 2.75) is 56.5 Å². The van der Waals surface area contributed by atoms with E-state index in [0.29, 0.717) is 10.8 Å². The third kappa shape index (κ3) is 3.74. The molecule has 1 saturated carbocycles. The number of aliphatic hydroxyl groups is 2. The van der Waals surface area contributed by atoms with Crippen LogP contribution in [0.15, 0.2) is 24.3 Å². The molecule has 122 valence electrons. The van der Waals surface area contributed by atoms with Crippen molar-refractivity contribution in [1.82, 2.24) is 4.90 Å². The van der Waals surface area contributed by atoms with Crippen molar-refractivity contribution < 1.29 is 14.9 Å². The van der Waals surface area contributed by atoms with E-state index in [1.165, 1.54) is 0 Å². The van der Waals surface area contributed by atoms with Gasteiger partial charge in [-0.2, -0.15) is 0 Å². The summed E-state index contributed by atoms with van der Waals surface area (Å²) in [6.07, 6.45) is 3.62. The monoisotopic (exact) mass is 325 g/mol. The highest BCUT2D eigenvalue weighted by molar-refractivity contribution is 6.30. The number of halogens is 1. The molecule has 3 atom stereocenters. The number of benzene rings is 1. The van der Waals surface area contributed by atoms with Crippen molar-refractivity contribution in [2.24, 2.45) is 0 Å². The summed E-state index contributed by atoms with van der Waals surface area (Å²) in [5.74, 6) is 0.714. The Hall–Kier alpha value is -0.810. The number of piperidine rings is 1. The van der Waals surface area contributed by atoms with E-state index in [1.54, 1.807) is 6.07 Å². The van der Waals surface area contributed by atoms with Gasteiger partial charge >= 0.3 is 0 Å². The van der Waals surface area contributed by atoms with E-state index in [2.05, 4.69) is 4.90 Å². The molecule has 0 unspecified atom stereocenters. The van der Waals surface area contributed by atoms with E-state index in [9.17, 15) is 10.2 Å². The van der Waals surface area contributed by atoms with Crippen LogP contribution in [0.2, 0.25) is 5.02 Å². The SMILES string of the molecule is OC1CCN([C@H]2CCC[C@@H](Oc3cccc(Cl)c3)[C@@H]2O)CC1. The highest BCUT2D eigenvalue weighted by atomic mass is 35.5. The van der Waals surface area contributed by atoms with E-state index in [1.807, 2.05) is 18.2 Å². The number of likely N-dealkylation sites (tertiary alicyclic amines) is 1. The Morgan fingerprint density at radius 3 is 2.59 bits per heavy atom. The molecule has 22 heavy (non-hydrogen) atoms. The molecule has 1 aromatic carbocycles. The van der Waals surface area contributed by atoms with Gasteiger partial charge in [-0.05, 0) is 50.3 Å². The first kappa shape index (κ1) is 16.1. The van der Waals surface area contributed by atoms with Crippen LogP contribution in [0, 0.1) is 0 Å². The van der Waals surface area contributed by atoms with Crippen molar-refractivity contribution in [3.05, 3.63) is 29.3 Å². The first-order valence-electron chi connectivity index (χ1n) is 8.16. The van der Waals surface area contributed by atoms with Gasteiger partial charge in [-0.3, -0.25) is 4.90 Å². The van der Waals surface area contributed by atoms with Gasteiger partial charge in [-0.15, -0.1) is 0 Å². The molecule has 0 radical (unpaired) electrons. The van der Waals surface area contributed by atoms with E-state index in [-0.39, 0.29) is 18.2 Å². The maximum absolute atomic E-state index is 10.7. The Morgan fingerprint density at radius 1 is 1.09 bits per heavy atom. The minimum absolute atomic E-state index is 0.130. The van der Waals surface area contributed by atoms with Gasteiger partial charge in [-0.25, -0.2) is 0 Å². The second-order valence-corrected chi connectivity index (χ2v) is 6.81. The summed E-state index contributed by atoms with van der Waals surface area (Å²) < 4.78 is 5.98. The van der Waals surface area contributed by atoms with Gasteiger partial charge in [0.1, 0.15) is 18.0 Å². The zero-order chi connectivity index (χ0) is 15.5. The normalized spacial score (nSPS) is 31.1. The van der Waals surface area contributed by atoms with Crippen molar-refractivity contribution in [3.63, 3.8) is 0 Å². The summed E-state index contributed by atoms with van der Waals surface area (Å²) >= 11 is 5.99. The second kappa shape index (κ2) is 7.18. The fourth-order valence-corrected chi connectivity index (χ4v) is 3.76. The molecular formula is C17H24ClNO3. The Morgan fingerprint density at radius 2 is 1.86 bits per heavy atom. The van der Waals surface area contributed by atoms with E-state index in [4.69, 9.17) is 16.3 Å². The number of aliphatic hydroxyl groups excluding tert-OH is 2. The van der Waals surface area contributed by atoms with Crippen LogP contribution in [0.1, 0.15) is 32.1 Å². The minimum Gasteiger partial charge on any atom is -0.488 e. The summed E-state index contributed by atoms with van der Waals surface area (Å²) in [5, 5.41) is 21.0. The van der Waals surface area contributed by atoms with Crippen molar-refractivity contribution >= 4 is 11.6 Å². The van der Waals surface area contributed by atoms with Gasteiger partial charge in [0.15, 0.2) is 0 Å². The van der Waals surface area contributed by atoms with Crippen LogP contribution in [-0.2, 0) is 0 Å². The van der Waals surface area contributed by atoms with E-state index >= 15 is 0 Å². The molecule has 4 nitrogen and oxygen atoms in total. The largest absolute Gasteiger partial charge is 0.488 e. The number of rotatable bonds is 3. The van der Waals surface area contributed by atoms with Gasteiger partial charge in [0.2, 0.25) is 0 Å². The van der Waals surface area contributed by atoms with Crippen LogP contribution in [-0.4, -0.2) is 52.6 Å². The molecule has 0 amide bonds. The first-order valence-corrected chi connectivity index (χ1v) is 8.53. The van der Waals surface area contributed by atoms with E-state index in [0.717, 1.165) is 45.2 Å². The van der Waals surface area contributed by atoms with Crippen LogP contribution in [0.3, 0.4) is 0 Å². The highest BCUT2D eigenvalue weighted by Crippen LogP contribution is 2.29. The zero-order valence-corrected chi connectivity index (χ0v) is 13.5. The van der Waals surface area contributed by atoms with Crippen molar-refractivity contribution in [3.8, 4) is 5.75 Å². The lowest BCUT2D eigenvalue weighted by atomic mass is 9.87. The molecule has 0 bridgehead atoms. The summed E-state index contributed by atoms with van der Waals surface area (Å²) in [7, 11) is 0. The number of ether oxygens (including phenoxy) is 1. The summed E-state index contributed by atoms with van der Waals surface area (Å²) in [6, 6.07) is 7.46. The fraction of sp³-hybridized carbons (Fsp3) is 0.647. The Labute approximate surface area is 136 Å². The Kier molecular flexibility index (Phi) is 5.24. The summed E-state index contributed by atoms with van der Waals surface area (Å²) in [6.45, 7) is 1.71. The van der Waals surface area contributed by atoms with Crippen LogP contribution in [0.25, 0.3) is 0 Å².